The highest BCUT2D eigenvalue weighted by molar-refractivity contribution is 6.20. The second-order valence-corrected chi connectivity index (χ2v) is 4.28. The van der Waals surface area contributed by atoms with Gasteiger partial charge >= 0.3 is 0 Å². The molecule has 0 aliphatic carbocycles. The van der Waals surface area contributed by atoms with E-state index in [-0.39, 0.29) is 5.38 Å². The predicted octanol–water partition coefficient (Wildman–Crippen LogP) is 4.20. The molecule has 0 amide bonds. The lowest BCUT2D eigenvalue weighted by Crippen LogP contribution is -1.94. The first kappa shape index (κ1) is 10.6. The summed E-state index contributed by atoms with van der Waals surface area (Å²) in [7, 11) is 0. The van der Waals surface area contributed by atoms with E-state index < -0.39 is 0 Å². The normalized spacial score (nSPS) is 13.2. The second kappa shape index (κ2) is 5.29. The molecule has 1 aromatic rings. The quantitative estimate of drug-likeness (QED) is 0.632. The lowest BCUT2D eigenvalue weighted by atomic mass is 10.0. The Kier molecular flexibility index (Phi) is 4.31. The summed E-state index contributed by atoms with van der Waals surface area (Å²) in [4.78, 5) is 0. The Morgan fingerprint density at radius 2 is 2.08 bits per heavy atom. The third kappa shape index (κ3) is 3.82. The van der Waals surface area contributed by atoms with Crippen molar-refractivity contribution in [2.75, 3.05) is 0 Å². The molecule has 0 aliphatic heterocycles. The van der Waals surface area contributed by atoms with Gasteiger partial charge < -0.3 is 0 Å². The molecule has 0 heterocycles. The fraction of sp³-hybridized carbons (Fsp3) is 0.500. The summed E-state index contributed by atoms with van der Waals surface area (Å²) in [5.74, 6) is 0.727. The maximum Gasteiger partial charge on any atom is 0.0591 e. The van der Waals surface area contributed by atoms with Crippen molar-refractivity contribution < 1.29 is 0 Å². The van der Waals surface area contributed by atoms with Crippen molar-refractivity contribution in [3.05, 3.63) is 35.9 Å². The minimum atomic E-state index is 0.128. The van der Waals surface area contributed by atoms with Gasteiger partial charge in [0.05, 0.1) is 5.38 Å². The number of rotatable bonds is 4. The van der Waals surface area contributed by atoms with Crippen LogP contribution in [0, 0.1) is 12.0 Å². The number of alkyl halides is 1. The van der Waals surface area contributed by atoms with Crippen molar-refractivity contribution in [1.29, 1.82) is 0 Å². The maximum absolute atomic E-state index is 6.22. The topological polar surface area (TPSA) is 0 Å². The summed E-state index contributed by atoms with van der Waals surface area (Å²) in [6, 6.07) is 11.1. The molecule has 1 radical (unpaired) electrons. The second-order valence-electron chi connectivity index (χ2n) is 3.76. The predicted molar refractivity (Wildman–Crippen MR) is 57.9 cm³/mol. The standard InChI is InChI=1S/C12H16Cl/c1-10(2)8-9-12(13)11-6-4-3-5-7-11/h3-6,10,12H,8-9H2,1-2H3. The molecular formula is C12H16Cl. The summed E-state index contributed by atoms with van der Waals surface area (Å²) >= 11 is 6.22. The van der Waals surface area contributed by atoms with Crippen LogP contribution in [0.15, 0.2) is 24.3 Å². The first-order chi connectivity index (χ1) is 6.20. The smallest absolute Gasteiger partial charge is 0.0591 e. The molecule has 13 heavy (non-hydrogen) atoms. The Hall–Kier alpha value is -0.490. The van der Waals surface area contributed by atoms with Crippen LogP contribution in [0.2, 0.25) is 0 Å². The highest BCUT2D eigenvalue weighted by Gasteiger charge is 2.07. The summed E-state index contributed by atoms with van der Waals surface area (Å²) in [5, 5.41) is 0.128. The third-order valence-corrected chi connectivity index (χ3v) is 2.52. The van der Waals surface area contributed by atoms with Crippen molar-refractivity contribution in [3.8, 4) is 0 Å². The largest absolute Gasteiger partial charge is 0.118 e. The van der Waals surface area contributed by atoms with Crippen LogP contribution < -0.4 is 0 Å². The Bertz CT molecular complexity index is 228. The van der Waals surface area contributed by atoms with E-state index in [1.165, 1.54) is 6.42 Å². The highest BCUT2D eigenvalue weighted by atomic mass is 35.5. The third-order valence-electron chi connectivity index (χ3n) is 2.07. The Morgan fingerprint density at radius 3 is 2.62 bits per heavy atom. The molecule has 71 valence electrons. The monoisotopic (exact) mass is 195 g/mol. The van der Waals surface area contributed by atoms with Gasteiger partial charge in [0.15, 0.2) is 0 Å². The van der Waals surface area contributed by atoms with Crippen molar-refractivity contribution >= 4 is 11.6 Å². The molecule has 1 aromatic carbocycles. The van der Waals surface area contributed by atoms with Gasteiger partial charge in [-0.1, -0.05) is 38.1 Å². The first-order valence-electron chi connectivity index (χ1n) is 4.81. The zero-order chi connectivity index (χ0) is 9.68. The maximum atomic E-state index is 6.22. The van der Waals surface area contributed by atoms with E-state index in [2.05, 4.69) is 19.9 Å². The zero-order valence-corrected chi connectivity index (χ0v) is 9.01. The zero-order valence-electron chi connectivity index (χ0n) is 8.26. The number of hydrogen-bond donors (Lipinski definition) is 0. The molecule has 0 saturated carbocycles. The molecule has 1 heteroatoms. The van der Waals surface area contributed by atoms with Crippen molar-refractivity contribution in [2.45, 2.75) is 32.1 Å². The molecule has 0 fully saturated rings. The molecule has 0 aliphatic rings. The van der Waals surface area contributed by atoms with E-state index in [9.17, 15) is 0 Å². The lowest BCUT2D eigenvalue weighted by Gasteiger charge is -2.10. The summed E-state index contributed by atoms with van der Waals surface area (Å²) in [6.07, 6.45) is 2.22. The van der Waals surface area contributed by atoms with Gasteiger partial charge in [0.1, 0.15) is 0 Å². The number of halogens is 1. The van der Waals surface area contributed by atoms with Crippen LogP contribution in [0.3, 0.4) is 0 Å². The van der Waals surface area contributed by atoms with Crippen molar-refractivity contribution in [1.82, 2.24) is 0 Å². The van der Waals surface area contributed by atoms with Crippen molar-refractivity contribution in [2.24, 2.45) is 5.92 Å². The van der Waals surface area contributed by atoms with Gasteiger partial charge in [0, 0.05) is 0 Å². The average Bonchev–Trinajstić information content (AvgIpc) is 2.15. The molecular weight excluding hydrogens is 180 g/mol. The van der Waals surface area contributed by atoms with E-state index in [0.29, 0.717) is 0 Å². The van der Waals surface area contributed by atoms with Crippen LogP contribution in [0.4, 0.5) is 0 Å². The van der Waals surface area contributed by atoms with Crippen LogP contribution in [-0.2, 0) is 0 Å². The van der Waals surface area contributed by atoms with E-state index in [0.717, 1.165) is 17.9 Å². The van der Waals surface area contributed by atoms with Crippen LogP contribution in [0.5, 0.6) is 0 Å². The molecule has 0 N–H and O–H groups in total. The van der Waals surface area contributed by atoms with E-state index in [1.54, 1.807) is 0 Å². The molecule has 0 saturated heterocycles. The van der Waals surface area contributed by atoms with Gasteiger partial charge in [-0.2, -0.15) is 0 Å². The van der Waals surface area contributed by atoms with Crippen LogP contribution in [0.1, 0.15) is 37.6 Å². The highest BCUT2D eigenvalue weighted by Crippen LogP contribution is 2.26. The summed E-state index contributed by atoms with van der Waals surface area (Å²) < 4.78 is 0. The van der Waals surface area contributed by atoms with Gasteiger partial charge in [-0.3, -0.25) is 0 Å². The molecule has 0 nitrogen and oxygen atoms in total. The minimum Gasteiger partial charge on any atom is -0.118 e. The molecule has 0 spiro atoms. The van der Waals surface area contributed by atoms with Crippen LogP contribution in [0.25, 0.3) is 0 Å². The summed E-state index contributed by atoms with van der Waals surface area (Å²) in [5.41, 5.74) is 1.12. The van der Waals surface area contributed by atoms with Gasteiger partial charge in [-0.05, 0) is 30.4 Å². The molecule has 1 rings (SSSR count). The van der Waals surface area contributed by atoms with Gasteiger partial charge in [0.25, 0.3) is 0 Å². The van der Waals surface area contributed by atoms with Crippen LogP contribution >= 0.6 is 11.6 Å². The molecule has 1 atom stereocenters. The average molecular weight is 196 g/mol. The summed E-state index contributed by atoms with van der Waals surface area (Å²) in [6.45, 7) is 4.44. The Labute approximate surface area is 85.9 Å². The lowest BCUT2D eigenvalue weighted by molar-refractivity contribution is 0.549. The van der Waals surface area contributed by atoms with Gasteiger partial charge in [0.2, 0.25) is 0 Å². The molecule has 0 aromatic heterocycles. The first-order valence-corrected chi connectivity index (χ1v) is 5.24. The fourth-order valence-corrected chi connectivity index (χ4v) is 1.50. The number of benzene rings is 1. The molecule has 1 unspecified atom stereocenters. The van der Waals surface area contributed by atoms with Gasteiger partial charge in [-0.25, -0.2) is 0 Å². The Balaban J connectivity index is 2.44. The van der Waals surface area contributed by atoms with Crippen molar-refractivity contribution in [3.63, 3.8) is 0 Å². The van der Waals surface area contributed by atoms with E-state index in [1.807, 2.05) is 24.3 Å². The van der Waals surface area contributed by atoms with E-state index in [4.69, 9.17) is 11.6 Å². The van der Waals surface area contributed by atoms with Gasteiger partial charge in [-0.15, -0.1) is 11.6 Å². The fourth-order valence-electron chi connectivity index (χ4n) is 1.24. The minimum absolute atomic E-state index is 0.128. The van der Waals surface area contributed by atoms with E-state index >= 15 is 0 Å². The molecule has 0 bridgehead atoms. The number of hydrogen-bond acceptors (Lipinski definition) is 0. The Morgan fingerprint density at radius 1 is 1.31 bits per heavy atom. The SMILES string of the molecule is CC(C)CCC(Cl)c1[c]cccc1. The van der Waals surface area contributed by atoms with Crippen LogP contribution in [-0.4, -0.2) is 0 Å².